The molecule has 80 valence electrons. The molecule has 0 aliphatic heterocycles. The van der Waals surface area contributed by atoms with Crippen molar-refractivity contribution >= 4 is 34.1 Å². The number of carbonyl (C=O) groups is 1. The number of rotatable bonds is 1. The lowest BCUT2D eigenvalue weighted by Gasteiger charge is -1.98. The Bertz CT molecular complexity index is 716. The highest BCUT2D eigenvalue weighted by Gasteiger charge is 2.16. The summed E-state index contributed by atoms with van der Waals surface area (Å²) >= 11 is 5.90. The summed E-state index contributed by atoms with van der Waals surface area (Å²) in [7, 11) is 0. The number of aromatic amines is 1. The molecule has 3 rings (SSSR count). The first-order chi connectivity index (χ1) is 7.68. The highest BCUT2D eigenvalue weighted by atomic mass is 35.5. The average molecular weight is 238 g/mol. The van der Waals surface area contributed by atoms with Crippen molar-refractivity contribution in [1.82, 2.24) is 24.8 Å². The average Bonchev–Trinajstić information content (AvgIpc) is 2.80. The van der Waals surface area contributed by atoms with E-state index in [1.807, 2.05) is 0 Å². The molecule has 0 unspecified atom stereocenters. The molecule has 7 nitrogen and oxygen atoms in total. The molecule has 0 atom stereocenters. The molecule has 3 aromatic heterocycles. The van der Waals surface area contributed by atoms with Crippen LogP contribution in [0.1, 0.15) is 10.5 Å². The summed E-state index contributed by atoms with van der Waals surface area (Å²) < 4.78 is 1.17. The number of nitrogens with one attached hydrogen (secondary N) is 1. The van der Waals surface area contributed by atoms with E-state index in [1.54, 1.807) is 0 Å². The number of aromatic carboxylic acids is 1. The van der Waals surface area contributed by atoms with Crippen molar-refractivity contribution in [3.8, 4) is 0 Å². The molecule has 0 saturated carbocycles. The Morgan fingerprint density at radius 3 is 3.06 bits per heavy atom. The van der Waals surface area contributed by atoms with Gasteiger partial charge in [0.25, 0.3) is 0 Å². The number of carboxylic acid groups (broad SMARTS) is 1. The molecular formula is C8H4ClN5O2. The van der Waals surface area contributed by atoms with Crippen LogP contribution in [-0.4, -0.2) is 35.9 Å². The zero-order valence-electron chi connectivity index (χ0n) is 7.68. The van der Waals surface area contributed by atoms with Crippen LogP contribution in [0.5, 0.6) is 0 Å². The van der Waals surface area contributed by atoms with Gasteiger partial charge in [0.1, 0.15) is 5.52 Å². The van der Waals surface area contributed by atoms with Gasteiger partial charge in [-0.05, 0) is 0 Å². The summed E-state index contributed by atoms with van der Waals surface area (Å²) in [5, 5.41) is 20.2. The summed E-state index contributed by atoms with van der Waals surface area (Å²) in [5.74, 6) is -1.12. The number of imidazole rings is 1. The third kappa shape index (κ3) is 1.03. The second kappa shape index (κ2) is 2.92. The fourth-order valence-electron chi connectivity index (χ4n) is 1.52. The van der Waals surface area contributed by atoms with Crippen LogP contribution >= 0.6 is 11.6 Å². The van der Waals surface area contributed by atoms with E-state index >= 15 is 0 Å². The predicted octanol–water partition coefficient (Wildman–Crippen LogP) is 0.957. The molecular weight excluding hydrogens is 234 g/mol. The van der Waals surface area contributed by atoms with Gasteiger partial charge in [-0.15, -0.1) is 0 Å². The molecule has 3 aromatic rings. The van der Waals surface area contributed by atoms with Gasteiger partial charge < -0.3 is 5.11 Å². The lowest BCUT2D eigenvalue weighted by atomic mass is 10.4. The summed E-state index contributed by atoms with van der Waals surface area (Å²) in [6.07, 6.45) is 2.74. The molecule has 8 heteroatoms. The van der Waals surface area contributed by atoms with E-state index in [0.29, 0.717) is 16.6 Å². The Hall–Kier alpha value is -2.15. The maximum Gasteiger partial charge on any atom is 0.356 e. The molecule has 0 amide bonds. The summed E-state index contributed by atoms with van der Waals surface area (Å²) in [6.45, 7) is 0. The molecule has 2 N–H and O–H groups in total. The fourth-order valence-corrected chi connectivity index (χ4v) is 1.74. The number of hydrogen-bond donors (Lipinski definition) is 2. The van der Waals surface area contributed by atoms with Crippen LogP contribution in [0.2, 0.25) is 5.15 Å². The topological polar surface area (TPSA) is 96.2 Å². The molecule has 3 heterocycles. The molecule has 0 saturated heterocycles. The van der Waals surface area contributed by atoms with Crippen LogP contribution in [0.15, 0.2) is 12.4 Å². The smallest absolute Gasteiger partial charge is 0.356 e. The SMILES string of the molecule is O=C(O)c1cnc2c3[nH]ncc3c(Cl)nn12. The van der Waals surface area contributed by atoms with Crippen LogP contribution in [0.4, 0.5) is 0 Å². The van der Waals surface area contributed by atoms with Gasteiger partial charge in [-0.25, -0.2) is 14.3 Å². The van der Waals surface area contributed by atoms with Gasteiger partial charge in [0, 0.05) is 0 Å². The van der Waals surface area contributed by atoms with E-state index in [0.717, 1.165) is 0 Å². The Kier molecular flexibility index (Phi) is 1.66. The first-order valence-electron chi connectivity index (χ1n) is 4.28. The van der Waals surface area contributed by atoms with E-state index in [4.69, 9.17) is 16.7 Å². The quantitative estimate of drug-likeness (QED) is 0.657. The maximum atomic E-state index is 10.9. The summed E-state index contributed by atoms with van der Waals surface area (Å²) in [6, 6.07) is 0. The van der Waals surface area contributed by atoms with Crippen LogP contribution in [0.25, 0.3) is 16.6 Å². The zero-order chi connectivity index (χ0) is 11.3. The van der Waals surface area contributed by atoms with Gasteiger partial charge >= 0.3 is 5.97 Å². The maximum absolute atomic E-state index is 10.9. The van der Waals surface area contributed by atoms with Crippen molar-refractivity contribution < 1.29 is 9.90 Å². The van der Waals surface area contributed by atoms with Gasteiger partial charge in [-0.3, -0.25) is 5.10 Å². The van der Waals surface area contributed by atoms with Gasteiger partial charge in [0.15, 0.2) is 16.5 Å². The largest absolute Gasteiger partial charge is 0.476 e. The third-order valence-corrected chi connectivity index (χ3v) is 2.51. The fraction of sp³-hybridized carbons (Fsp3) is 0. The number of H-pyrrole nitrogens is 1. The van der Waals surface area contributed by atoms with E-state index < -0.39 is 5.97 Å². The molecule has 0 spiro atoms. The lowest BCUT2D eigenvalue weighted by Crippen LogP contribution is -2.04. The lowest BCUT2D eigenvalue weighted by molar-refractivity contribution is 0.0688. The Labute approximate surface area is 92.7 Å². The number of hydrogen-bond acceptors (Lipinski definition) is 4. The van der Waals surface area contributed by atoms with Crippen molar-refractivity contribution in [3.63, 3.8) is 0 Å². The highest BCUT2D eigenvalue weighted by molar-refractivity contribution is 6.34. The highest BCUT2D eigenvalue weighted by Crippen LogP contribution is 2.22. The van der Waals surface area contributed by atoms with Crippen LogP contribution < -0.4 is 0 Å². The van der Waals surface area contributed by atoms with Crippen molar-refractivity contribution in [2.75, 3.05) is 0 Å². The van der Waals surface area contributed by atoms with Crippen LogP contribution in [0, 0.1) is 0 Å². The van der Waals surface area contributed by atoms with Gasteiger partial charge in [0.05, 0.1) is 17.8 Å². The molecule has 0 radical (unpaired) electrons. The minimum absolute atomic E-state index is 0.0478. The van der Waals surface area contributed by atoms with E-state index in [-0.39, 0.29) is 10.8 Å². The summed E-state index contributed by atoms with van der Waals surface area (Å²) in [4.78, 5) is 14.9. The first-order valence-corrected chi connectivity index (χ1v) is 4.66. The van der Waals surface area contributed by atoms with E-state index in [9.17, 15) is 4.79 Å². The second-order valence-electron chi connectivity index (χ2n) is 3.13. The van der Waals surface area contributed by atoms with Crippen molar-refractivity contribution in [1.29, 1.82) is 0 Å². The predicted molar refractivity (Wildman–Crippen MR) is 54.6 cm³/mol. The molecule has 0 fully saturated rings. The minimum atomic E-state index is -1.12. The van der Waals surface area contributed by atoms with E-state index in [1.165, 1.54) is 16.9 Å². The van der Waals surface area contributed by atoms with Crippen molar-refractivity contribution in [2.24, 2.45) is 0 Å². The number of fused-ring (bicyclic) bond motifs is 3. The van der Waals surface area contributed by atoms with Crippen molar-refractivity contribution in [3.05, 3.63) is 23.2 Å². The number of halogens is 1. The Balaban J connectivity index is 2.55. The van der Waals surface area contributed by atoms with Gasteiger partial charge in [0.2, 0.25) is 0 Å². The standard InChI is InChI=1S/C8H4ClN5O2/c9-6-3-1-11-12-5(3)7-10-2-4(8(15)16)14(7)13-6/h1-2H,(H,11,12)(H,15,16). The Morgan fingerprint density at radius 2 is 2.31 bits per heavy atom. The molecule has 16 heavy (non-hydrogen) atoms. The third-order valence-electron chi connectivity index (χ3n) is 2.23. The first kappa shape index (κ1) is 9.10. The molecule has 0 aromatic carbocycles. The summed E-state index contributed by atoms with van der Waals surface area (Å²) in [5.41, 5.74) is 0.898. The number of nitrogens with zero attached hydrogens (tertiary/aromatic N) is 4. The van der Waals surface area contributed by atoms with Crippen LogP contribution in [0.3, 0.4) is 0 Å². The zero-order valence-corrected chi connectivity index (χ0v) is 8.43. The molecule has 0 aliphatic rings. The molecule has 0 aliphatic carbocycles. The Morgan fingerprint density at radius 1 is 1.50 bits per heavy atom. The monoisotopic (exact) mass is 237 g/mol. The second-order valence-corrected chi connectivity index (χ2v) is 3.49. The minimum Gasteiger partial charge on any atom is -0.476 e. The van der Waals surface area contributed by atoms with E-state index in [2.05, 4.69) is 20.3 Å². The van der Waals surface area contributed by atoms with Crippen molar-refractivity contribution in [2.45, 2.75) is 0 Å². The number of carboxylic acids is 1. The van der Waals surface area contributed by atoms with Gasteiger partial charge in [-0.1, -0.05) is 11.6 Å². The number of aromatic nitrogens is 5. The van der Waals surface area contributed by atoms with Crippen LogP contribution in [-0.2, 0) is 0 Å². The van der Waals surface area contributed by atoms with Gasteiger partial charge in [-0.2, -0.15) is 10.2 Å². The normalized spacial score (nSPS) is 11.3. The molecule has 0 bridgehead atoms.